The fourth-order valence-electron chi connectivity index (χ4n) is 2.90. The molecule has 3 rings (SSSR count). The zero-order valence-corrected chi connectivity index (χ0v) is 13.8. The van der Waals surface area contributed by atoms with Crippen LogP contribution in [0.3, 0.4) is 0 Å². The van der Waals surface area contributed by atoms with Crippen molar-refractivity contribution in [3.05, 3.63) is 83.5 Å². The Labute approximate surface area is 141 Å². The number of benzene rings is 2. The molecule has 2 aromatic carbocycles. The predicted molar refractivity (Wildman–Crippen MR) is 96.1 cm³/mol. The first kappa shape index (κ1) is 16.3. The number of aromatic nitrogens is 1. The monoisotopic (exact) mass is 321 g/mol. The summed E-state index contributed by atoms with van der Waals surface area (Å²) >= 11 is 0. The summed E-state index contributed by atoms with van der Waals surface area (Å²) in [5, 5.41) is 11.7. The summed E-state index contributed by atoms with van der Waals surface area (Å²) < 4.78 is 15.1. The van der Waals surface area contributed by atoms with E-state index in [1.165, 1.54) is 12.1 Å². The molecule has 0 radical (unpaired) electrons. The normalized spacial score (nSPS) is 12.0. The summed E-state index contributed by atoms with van der Waals surface area (Å²) in [6.45, 7) is 4.74. The van der Waals surface area contributed by atoms with E-state index < -0.39 is 6.10 Å². The van der Waals surface area contributed by atoms with Crippen LogP contribution in [0.5, 0.6) is 0 Å². The zero-order chi connectivity index (χ0) is 17.1. The summed E-state index contributed by atoms with van der Waals surface area (Å²) in [6.07, 6.45) is 0.909. The third-order valence-corrected chi connectivity index (χ3v) is 4.20. The Morgan fingerprint density at radius 1 is 1.21 bits per heavy atom. The smallest absolute Gasteiger partial charge is 0.123 e. The van der Waals surface area contributed by atoms with Gasteiger partial charge in [-0.15, -0.1) is 5.73 Å². The van der Waals surface area contributed by atoms with E-state index in [0.717, 1.165) is 34.3 Å². The highest BCUT2D eigenvalue weighted by molar-refractivity contribution is 5.81. The number of hydrogen-bond acceptors (Lipinski definition) is 1. The Morgan fingerprint density at radius 2 is 1.92 bits per heavy atom. The molecule has 1 heterocycles. The molecule has 24 heavy (non-hydrogen) atoms. The molecule has 0 spiro atoms. The lowest BCUT2D eigenvalue weighted by Gasteiger charge is -2.10. The van der Waals surface area contributed by atoms with Crippen molar-refractivity contribution in [1.82, 2.24) is 4.57 Å². The van der Waals surface area contributed by atoms with Crippen LogP contribution in [0.4, 0.5) is 4.39 Å². The maximum Gasteiger partial charge on any atom is 0.123 e. The number of fused-ring (bicyclic) bond motifs is 1. The minimum atomic E-state index is -0.743. The second-order valence-corrected chi connectivity index (χ2v) is 5.76. The van der Waals surface area contributed by atoms with E-state index in [-0.39, 0.29) is 5.82 Å². The number of nitrogens with zero attached hydrogens (tertiary/aromatic N) is 1. The highest BCUT2D eigenvalue weighted by Gasteiger charge is 2.12. The number of halogens is 1. The molecule has 0 saturated carbocycles. The van der Waals surface area contributed by atoms with E-state index in [4.69, 9.17) is 0 Å². The first-order valence-electron chi connectivity index (χ1n) is 8.05. The van der Waals surface area contributed by atoms with Gasteiger partial charge in [0.25, 0.3) is 0 Å². The van der Waals surface area contributed by atoms with Gasteiger partial charge < -0.3 is 9.67 Å². The van der Waals surface area contributed by atoms with Crippen LogP contribution in [0, 0.1) is 5.82 Å². The average Bonchev–Trinajstić information content (AvgIpc) is 2.98. The average molecular weight is 321 g/mol. The summed E-state index contributed by atoms with van der Waals surface area (Å²) in [6, 6.07) is 16.4. The van der Waals surface area contributed by atoms with Gasteiger partial charge in [-0.3, -0.25) is 0 Å². The van der Waals surface area contributed by atoms with Gasteiger partial charge in [0.2, 0.25) is 0 Å². The molecule has 0 saturated heterocycles. The van der Waals surface area contributed by atoms with Crippen LogP contribution < -0.4 is 0 Å². The number of hydrogen-bond donors (Lipinski definition) is 1. The minimum absolute atomic E-state index is 0.261. The van der Waals surface area contributed by atoms with Crippen LogP contribution in [0.1, 0.15) is 31.2 Å². The molecule has 1 unspecified atom stereocenters. The van der Waals surface area contributed by atoms with Crippen molar-refractivity contribution in [3.63, 3.8) is 0 Å². The van der Waals surface area contributed by atoms with Gasteiger partial charge in [-0.1, -0.05) is 30.3 Å². The highest BCUT2D eigenvalue weighted by Crippen LogP contribution is 2.25. The topological polar surface area (TPSA) is 25.2 Å². The Kier molecular flexibility index (Phi) is 4.66. The van der Waals surface area contributed by atoms with E-state index in [1.54, 1.807) is 18.2 Å². The van der Waals surface area contributed by atoms with Gasteiger partial charge in [0.1, 0.15) is 11.9 Å². The standard InChI is InChI=1S/C21H20FNO/c1-3-23-19-7-5-4-6-17(19)14-20(23)21(24)13-8-15(2)16-9-11-18(22)12-10-16/h4-7,9-14,21,24H,3H2,1-2H3. The summed E-state index contributed by atoms with van der Waals surface area (Å²) in [5.41, 5.74) is 6.82. The van der Waals surface area contributed by atoms with Gasteiger partial charge in [-0.2, -0.15) is 0 Å². The van der Waals surface area contributed by atoms with Gasteiger partial charge in [0, 0.05) is 12.1 Å². The molecule has 1 aromatic heterocycles. The molecular formula is C21H20FNO. The second kappa shape index (κ2) is 6.88. The number of para-hydroxylation sites is 1. The molecule has 0 fully saturated rings. The predicted octanol–water partition coefficient (Wildman–Crippen LogP) is 5.09. The van der Waals surface area contributed by atoms with Crippen LogP contribution in [0.15, 0.2) is 66.4 Å². The highest BCUT2D eigenvalue weighted by atomic mass is 19.1. The maximum absolute atomic E-state index is 13.0. The lowest BCUT2D eigenvalue weighted by atomic mass is 10.1. The van der Waals surface area contributed by atoms with E-state index in [2.05, 4.69) is 23.3 Å². The van der Waals surface area contributed by atoms with Gasteiger partial charge >= 0.3 is 0 Å². The number of aliphatic hydroxyl groups excluding tert-OH is 1. The number of aliphatic hydroxyl groups is 1. The first-order chi connectivity index (χ1) is 11.6. The Hall–Kier alpha value is -2.61. The van der Waals surface area contributed by atoms with Gasteiger partial charge in [-0.25, -0.2) is 4.39 Å². The molecule has 3 aromatic rings. The van der Waals surface area contributed by atoms with Crippen molar-refractivity contribution >= 4 is 16.5 Å². The van der Waals surface area contributed by atoms with Crippen LogP contribution >= 0.6 is 0 Å². The summed E-state index contributed by atoms with van der Waals surface area (Å²) in [4.78, 5) is 0. The van der Waals surface area contributed by atoms with Crippen LogP contribution in [-0.4, -0.2) is 9.67 Å². The summed E-state index contributed by atoms with van der Waals surface area (Å²) in [5.74, 6) is -0.261. The van der Waals surface area contributed by atoms with Gasteiger partial charge in [0.05, 0.1) is 5.69 Å². The number of rotatable bonds is 4. The lowest BCUT2D eigenvalue weighted by molar-refractivity contribution is 0.219. The molecule has 0 aliphatic heterocycles. The quantitative estimate of drug-likeness (QED) is 0.665. The van der Waals surface area contributed by atoms with Gasteiger partial charge in [-0.05, 0) is 60.7 Å². The fraction of sp³-hybridized carbons (Fsp3) is 0.190. The third-order valence-electron chi connectivity index (χ3n) is 4.20. The second-order valence-electron chi connectivity index (χ2n) is 5.76. The molecule has 0 aliphatic carbocycles. The van der Waals surface area contributed by atoms with Crippen molar-refractivity contribution in [2.75, 3.05) is 0 Å². The van der Waals surface area contributed by atoms with E-state index in [1.807, 2.05) is 31.2 Å². The molecule has 0 amide bonds. The van der Waals surface area contributed by atoms with Crippen LogP contribution in [0.2, 0.25) is 0 Å². The SMILES string of the molecule is CCn1c(C(O)C=C=C(C)c2ccc(F)cc2)cc2ccccc21. The van der Waals surface area contributed by atoms with E-state index in [9.17, 15) is 9.50 Å². The minimum Gasteiger partial charge on any atom is -0.382 e. The van der Waals surface area contributed by atoms with Crippen molar-refractivity contribution in [1.29, 1.82) is 0 Å². The van der Waals surface area contributed by atoms with Crippen molar-refractivity contribution in [3.8, 4) is 0 Å². The molecule has 2 nitrogen and oxygen atoms in total. The molecule has 1 N–H and O–H groups in total. The molecule has 1 atom stereocenters. The lowest BCUT2D eigenvalue weighted by Crippen LogP contribution is -2.04. The molecular weight excluding hydrogens is 301 g/mol. The van der Waals surface area contributed by atoms with Crippen molar-refractivity contribution in [2.45, 2.75) is 26.5 Å². The number of aryl methyl sites for hydroxylation is 1. The molecule has 122 valence electrons. The molecule has 0 bridgehead atoms. The van der Waals surface area contributed by atoms with Crippen molar-refractivity contribution < 1.29 is 9.50 Å². The summed E-state index contributed by atoms with van der Waals surface area (Å²) in [7, 11) is 0. The largest absolute Gasteiger partial charge is 0.382 e. The van der Waals surface area contributed by atoms with E-state index in [0.29, 0.717) is 0 Å². The molecule has 0 aliphatic rings. The van der Waals surface area contributed by atoms with Crippen molar-refractivity contribution in [2.24, 2.45) is 0 Å². The van der Waals surface area contributed by atoms with E-state index >= 15 is 0 Å². The third kappa shape index (κ3) is 3.18. The van der Waals surface area contributed by atoms with Crippen LogP contribution in [0.25, 0.3) is 16.5 Å². The molecule has 3 heteroatoms. The fourth-order valence-corrected chi connectivity index (χ4v) is 2.90. The Bertz CT molecular complexity index is 915. The zero-order valence-electron chi connectivity index (χ0n) is 13.8. The first-order valence-corrected chi connectivity index (χ1v) is 8.05. The Morgan fingerprint density at radius 3 is 2.62 bits per heavy atom. The van der Waals surface area contributed by atoms with Gasteiger partial charge in [0.15, 0.2) is 0 Å². The Balaban J connectivity index is 1.95. The van der Waals surface area contributed by atoms with Crippen LogP contribution in [-0.2, 0) is 6.54 Å². The maximum atomic E-state index is 13.0.